The Morgan fingerprint density at radius 2 is 2.23 bits per heavy atom. The van der Waals surface area contributed by atoms with Gasteiger partial charge < -0.3 is 10.6 Å². The van der Waals surface area contributed by atoms with Crippen LogP contribution in [0.5, 0.6) is 0 Å². The van der Waals surface area contributed by atoms with Crippen molar-refractivity contribution in [2.45, 2.75) is 37.5 Å². The van der Waals surface area contributed by atoms with Gasteiger partial charge in [0.05, 0.1) is 0 Å². The molecule has 78 valence electrons. The van der Waals surface area contributed by atoms with E-state index in [0.717, 1.165) is 6.54 Å². The molecule has 0 spiro atoms. The molecule has 0 amide bonds. The molecule has 0 saturated carbocycles. The second-order valence-corrected chi connectivity index (χ2v) is 6.11. The van der Waals surface area contributed by atoms with Gasteiger partial charge in [0.25, 0.3) is 0 Å². The Hall–Kier alpha value is 0.270. The van der Waals surface area contributed by atoms with E-state index >= 15 is 0 Å². The fourth-order valence-corrected chi connectivity index (χ4v) is 2.15. The molecule has 0 bridgehead atoms. The highest BCUT2D eigenvalue weighted by Gasteiger charge is 2.23. The Kier molecular flexibility index (Phi) is 4.07. The van der Waals surface area contributed by atoms with Gasteiger partial charge in [0, 0.05) is 23.9 Å². The van der Waals surface area contributed by atoms with Crippen molar-refractivity contribution < 1.29 is 0 Å². The Morgan fingerprint density at radius 3 is 2.77 bits per heavy atom. The van der Waals surface area contributed by atoms with Crippen LogP contribution in [-0.4, -0.2) is 41.6 Å². The maximum atomic E-state index is 5.94. The Labute approximate surface area is 86.2 Å². The van der Waals surface area contributed by atoms with Gasteiger partial charge >= 0.3 is 0 Å². The number of nitrogens with zero attached hydrogens (tertiary/aromatic N) is 1. The smallest absolute Gasteiger partial charge is 0.0227 e. The van der Waals surface area contributed by atoms with E-state index in [1.807, 2.05) is 11.8 Å². The van der Waals surface area contributed by atoms with E-state index < -0.39 is 0 Å². The summed E-state index contributed by atoms with van der Waals surface area (Å²) in [6.45, 7) is 8.10. The number of rotatable bonds is 3. The quantitative estimate of drug-likeness (QED) is 0.753. The summed E-state index contributed by atoms with van der Waals surface area (Å²) < 4.78 is 0.372. The molecule has 3 heteroatoms. The lowest BCUT2D eigenvalue weighted by Crippen LogP contribution is -2.47. The largest absolute Gasteiger partial charge is 0.327 e. The summed E-state index contributed by atoms with van der Waals surface area (Å²) in [7, 11) is 0. The number of nitrogens with two attached hydrogens (primary N) is 1. The molecule has 13 heavy (non-hydrogen) atoms. The average Bonchev–Trinajstić information content (AvgIpc) is 2.03. The molecule has 1 aliphatic heterocycles. The summed E-state index contributed by atoms with van der Waals surface area (Å²) in [5.74, 6) is 0. The van der Waals surface area contributed by atoms with E-state index in [9.17, 15) is 0 Å². The van der Waals surface area contributed by atoms with Crippen LogP contribution in [0.1, 0.15) is 26.7 Å². The number of likely N-dealkylation sites (tertiary alicyclic amines) is 1. The Morgan fingerprint density at radius 1 is 1.54 bits per heavy atom. The maximum absolute atomic E-state index is 5.94. The summed E-state index contributed by atoms with van der Waals surface area (Å²) >= 11 is 1.94. The minimum absolute atomic E-state index is 0.372. The highest BCUT2D eigenvalue weighted by Crippen LogP contribution is 2.23. The van der Waals surface area contributed by atoms with Gasteiger partial charge in [-0.1, -0.05) is 0 Å². The van der Waals surface area contributed by atoms with E-state index in [4.69, 9.17) is 5.73 Å². The minimum Gasteiger partial charge on any atom is -0.327 e. The summed E-state index contributed by atoms with van der Waals surface area (Å²) in [4.78, 5) is 2.50. The monoisotopic (exact) mass is 202 g/mol. The van der Waals surface area contributed by atoms with Crippen molar-refractivity contribution in [3.8, 4) is 0 Å². The zero-order chi connectivity index (χ0) is 9.90. The van der Waals surface area contributed by atoms with Gasteiger partial charge in [0.2, 0.25) is 0 Å². The zero-order valence-electron chi connectivity index (χ0n) is 9.05. The average molecular weight is 202 g/mol. The van der Waals surface area contributed by atoms with Crippen LogP contribution in [0.4, 0.5) is 0 Å². The van der Waals surface area contributed by atoms with Crippen molar-refractivity contribution in [3.63, 3.8) is 0 Å². The predicted octanol–water partition coefficient (Wildman–Crippen LogP) is 1.55. The van der Waals surface area contributed by atoms with Crippen molar-refractivity contribution in [2.75, 3.05) is 25.9 Å². The molecule has 0 aromatic carbocycles. The van der Waals surface area contributed by atoms with Crippen LogP contribution in [0.25, 0.3) is 0 Å². The molecule has 0 aromatic heterocycles. The van der Waals surface area contributed by atoms with Crippen LogP contribution in [0, 0.1) is 0 Å². The molecule has 1 fully saturated rings. The molecular formula is C10H22N2S. The van der Waals surface area contributed by atoms with Gasteiger partial charge in [-0.05, 0) is 39.5 Å². The standard InChI is InChI=1S/C10H22N2S/c1-10(2,13-3)8-12-6-4-5-9(11)7-12/h9H,4-8,11H2,1-3H3. The SMILES string of the molecule is CSC(C)(C)CN1CCCC(N)C1. The fourth-order valence-electron chi connectivity index (χ4n) is 1.84. The van der Waals surface area contributed by atoms with Gasteiger partial charge in [-0.2, -0.15) is 11.8 Å². The first kappa shape index (κ1) is 11.3. The number of piperidine rings is 1. The molecule has 1 aliphatic rings. The molecule has 0 aliphatic carbocycles. The summed E-state index contributed by atoms with van der Waals surface area (Å²) in [5, 5.41) is 0. The van der Waals surface area contributed by atoms with E-state index in [1.165, 1.54) is 25.9 Å². The van der Waals surface area contributed by atoms with Gasteiger partial charge in [0.15, 0.2) is 0 Å². The third-order valence-electron chi connectivity index (χ3n) is 2.70. The zero-order valence-corrected chi connectivity index (χ0v) is 9.86. The normalized spacial score (nSPS) is 26.3. The number of hydrogen-bond acceptors (Lipinski definition) is 3. The lowest BCUT2D eigenvalue weighted by atomic mass is 10.0. The second-order valence-electron chi connectivity index (χ2n) is 4.60. The first-order valence-corrected chi connectivity index (χ1v) is 6.29. The number of thioether (sulfide) groups is 1. The lowest BCUT2D eigenvalue weighted by Gasteiger charge is -2.36. The van der Waals surface area contributed by atoms with Gasteiger partial charge in [0.1, 0.15) is 0 Å². The van der Waals surface area contributed by atoms with Crippen molar-refractivity contribution in [1.82, 2.24) is 4.90 Å². The Balaban J connectivity index is 2.35. The van der Waals surface area contributed by atoms with Crippen LogP contribution in [0.3, 0.4) is 0 Å². The van der Waals surface area contributed by atoms with Gasteiger partial charge in [-0.25, -0.2) is 0 Å². The van der Waals surface area contributed by atoms with E-state index in [1.54, 1.807) is 0 Å². The third-order valence-corrected chi connectivity index (χ3v) is 3.93. The molecule has 2 N–H and O–H groups in total. The van der Waals surface area contributed by atoms with Gasteiger partial charge in [-0.3, -0.25) is 0 Å². The molecule has 1 heterocycles. The van der Waals surface area contributed by atoms with E-state index in [0.29, 0.717) is 10.8 Å². The summed E-state index contributed by atoms with van der Waals surface area (Å²) in [6, 6.07) is 0.409. The second kappa shape index (κ2) is 4.67. The molecule has 0 radical (unpaired) electrons. The molecule has 0 aromatic rings. The maximum Gasteiger partial charge on any atom is 0.0227 e. The minimum atomic E-state index is 0.372. The lowest BCUT2D eigenvalue weighted by molar-refractivity contribution is 0.197. The predicted molar refractivity (Wildman–Crippen MR) is 61.2 cm³/mol. The van der Waals surface area contributed by atoms with Crippen molar-refractivity contribution >= 4 is 11.8 Å². The van der Waals surface area contributed by atoms with Gasteiger partial charge in [-0.15, -0.1) is 0 Å². The molecule has 2 nitrogen and oxygen atoms in total. The molecule has 1 unspecified atom stereocenters. The van der Waals surface area contributed by atoms with Crippen molar-refractivity contribution in [1.29, 1.82) is 0 Å². The molecule has 1 atom stereocenters. The van der Waals surface area contributed by atoms with Crippen LogP contribution < -0.4 is 5.73 Å². The molecule has 1 saturated heterocycles. The first-order chi connectivity index (χ1) is 6.03. The van der Waals surface area contributed by atoms with Crippen LogP contribution >= 0.6 is 11.8 Å². The van der Waals surface area contributed by atoms with Crippen LogP contribution in [-0.2, 0) is 0 Å². The van der Waals surface area contributed by atoms with Crippen LogP contribution in [0.15, 0.2) is 0 Å². The highest BCUT2D eigenvalue weighted by molar-refractivity contribution is 7.99. The summed E-state index contributed by atoms with van der Waals surface area (Å²) in [5.41, 5.74) is 5.94. The van der Waals surface area contributed by atoms with E-state index in [-0.39, 0.29) is 0 Å². The fraction of sp³-hybridized carbons (Fsp3) is 1.00. The molecular weight excluding hydrogens is 180 g/mol. The third kappa shape index (κ3) is 3.88. The highest BCUT2D eigenvalue weighted by atomic mass is 32.2. The number of hydrogen-bond donors (Lipinski definition) is 1. The summed E-state index contributed by atoms with van der Waals surface area (Å²) in [6.07, 6.45) is 4.66. The topological polar surface area (TPSA) is 29.3 Å². The van der Waals surface area contributed by atoms with Crippen LogP contribution in [0.2, 0.25) is 0 Å². The molecule has 1 rings (SSSR count). The Bertz CT molecular complexity index is 159. The first-order valence-electron chi connectivity index (χ1n) is 5.06. The van der Waals surface area contributed by atoms with E-state index in [2.05, 4.69) is 25.0 Å². The van der Waals surface area contributed by atoms with Crippen molar-refractivity contribution in [3.05, 3.63) is 0 Å². The van der Waals surface area contributed by atoms with Crippen molar-refractivity contribution in [2.24, 2.45) is 5.73 Å².